The van der Waals surface area contributed by atoms with Crippen molar-refractivity contribution in [1.29, 1.82) is 0 Å². The van der Waals surface area contributed by atoms with E-state index in [2.05, 4.69) is 16.0 Å². The first-order valence-electron chi connectivity index (χ1n) is 38.5. The number of hydrogen-bond donors (Lipinski definition) is 3. The van der Waals surface area contributed by atoms with Gasteiger partial charge in [-0.2, -0.15) is 13.2 Å². The van der Waals surface area contributed by atoms with Crippen LogP contribution < -0.4 is 16.0 Å². The van der Waals surface area contributed by atoms with E-state index in [-0.39, 0.29) is 82.9 Å². The molecular formula is C75H117F5N12O13. The fourth-order valence-electron chi connectivity index (χ4n) is 17.3. The highest BCUT2D eigenvalue weighted by molar-refractivity contribution is 6.01. The van der Waals surface area contributed by atoms with Crippen LogP contribution in [0, 0.1) is 35.5 Å². The molecule has 105 heavy (non-hydrogen) atoms. The number of likely N-dealkylation sites (N-methyl/N-ethyl adjacent to an activating group) is 7. The molecule has 12 atom stereocenters. The normalized spacial score (nSPS) is 31.9. The molecule has 2 bridgehead atoms. The van der Waals surface area contributed by atoms with Gasteiger partial charge in [0, 0.05) is 82.5 Å². The number of amides is 12. The van der Waals surface area contributed by atoms with Crippen LogP contribution in [-0.2, 0) is 62.3 Å². The van der Waals surface area contributed by atoms with Gasteiger partial charge < -0.3 is 64.8 Å². The van der Waals surface area contributed by atoms with Crippen LogP contribution in [0.4, 0.5) is 22.0 Å². The number of fused-ring (bicyclic) bond motifs is 3. The largest absolute Gasteiger partial charge is 0.397 e. The number of rotatable bonds is 13. The van der Waals surface area contributed by atoms with Gasteiger partial charge in [0.15, 0.2) is 0 Å². The molecule has 2 unspecified atom stereocenters. The average Bonchev–Trinajstić information content (AvgIpc) is 1.48. The molecule has 8 rings (SSSR count). The Morgan fingerprint density at radius 1 is 0.629 bits per heavy atom. The zero-order chi connectivity index (χ0) is 77.1. The van der Waals surface area contributed by atoms with Crippen molar-refractivity contribution in [3.63, 3.8) is 0 Å². The van der Waals surface area contributed by atoms with Gasteiger partial charge in [0.1, 0.15) is 72.1 Å². The van der Waals surface area contributed by atoms with Crippen molar-refractivity contribution in [3.05, 3.63) is 12.2 Å². The average molecular weight is 1490 g/mol. The second kappa shape index (κ2) is 36.7. The number of nitrogens with one attached hydrogen (secondary N) is 3. The van der Waals surface area contributed by atoms with Crippen LogP contribution >= 0.6 is 0 Å². The van der Waals surface area contributed by atoms with Crippen molar-refractivity contribution in [2.24, 2.45) is 35.5 Å². The van der Waals surface area contributed by atoms with E-state index in [0.29, 0.717) is 44.9 Å². The van der Waals surface area contributed by atoms with Gasteiger partial charge in [-0.3, -0.25) is 57.5 Å². The summed E-state index contributed by atoms with van der Waals surface area (Å²) in [7, 11) is 11.4. The fraction of sp³-hybridized carbons (Fsp3) is 0.813. The molecule has 3 aliphatic heterocycles. The van der Waals surface area contributed by atoms with Crippen LogP contribution in [0.15, 0.2) is 12.2 Å². The van der Waals surface area contributed by atoms with E-state index in [9.17, 15) is 32.3 Å². The van der Waals surface area contributed by atoms with Gasteiger partial charge in [0.2, 0.25) is 70.9 Å². The van der Waals surface area contributed by atoms with Crippen molar-refractivity contribution in [1.82, 2.24) is 60.0 Å². The van der Waals surface area contributed by atoms with Crippen molar-refractivity contribution in [3.8, 4) is 0 Å². The number of carbonyl (C=O) groups is 12. The highest BCUT2D eigenvalue weighted by Crippen LogP contribution is 2.45. The Morgan fingerprint density at radius 3 is 1.81 bits per heavy atom. The summed E-state index contributed by atoms with van der Waals surface area (Å²) in [5, 5.41) is 8.64. The lowest BCUT2D eigenvalue weighted by molar-refractivity contribution is -0.219. The monoisotopic (exact) mass is 1490 g/mol. The number of alkyl halides is 5. The van der Waals surface area contributed by atoms with Crippen molar-refractivity contribution in [2.75, 3.05) is 89.2 Å². The number of ether oxygens (including phenoxy) is 1. The first-order chi connectivity index (χ1) is 49.6. The van der Waals surface area contributed by atoms with E-state index in [1.54, 1.807) is 19.9 Å². The van der Waals surface area contributed by atoms with Gasteiger partial charge >= 0.3 is 6.18 Å². The molecule has 25 nitrogen and oxygen atoms in total. The van der Waals surface area contributed by atoms with Gasteiger partial charge in [-0.15, -0.1) is 0 Å². The van der Waals surface area contributed by atoms with E-state index in [1.165, 1.54) is 95.6 Å². The van der Waals surface area contributed by atoms with E-state index in [1.807, 2.05) is 13.0 Å². The molecule has 0 aromatic carbocycles. The summed E-state index contributed by atoms with van der Waals surface area (Å²) < 4.78 is 78.8. The van der Waals surface area contributed by atoms with Gasteiger partial charge in [0.05, 0.1) is 25.6 Å². The minimum absolute atomic E-state index is 0.0218. The summed E-state index contributed by atoms with van der Waals surface area (Å²) in [4.78, 5) is 193. The van der Waals surface area contributed by atoms with E-state index in [0.717, 1.165) is 56.3 Å². The zero-order valence-electron chi connectivity index (χ0n) is 63.6. The number of nitrogens with zero attached hydrogens (tertiary/aromatic N) is 9. The Kier molecular flexibility index (Phi) is 29.3. The lowest BCUT2D eigenvalue weighted by Crippen LogP contribution is -2.68. The Labute approximate surface area is 615 Å². The number of hydrogen-bond acceptors (Lipinski definition) is 13. The Balaban J connectivity index is 1.19. The van der Waals surface area contributed by atoms with Gasteiger partial charge in [-0.25, -0.2) is 8.78 Å². The number of halogens is 5. The maximum absolute atomic E-state index is 15.5. The van der Waals surface area contributed by atoms with Gasteiger partial charge in [-0.1, -0.05) is 96.6 Å². The molecule has 0 radical (unpaired) electrons. The van der Waals surface area contributed by atoms with Crippen molar-refractivity contribution in [2.45, 2.75) is 266 Å². The first kappa shape index (κ1) is 83.6. The van der Waals surface area contributed by atoms with Crippen molar-refractivity contribution < 1.29 is 84.2 Å². The van der Waals surface area contributed by atoms with Gasteiger partial charge in [-0.05, 0) is 120 Å². The second-order valence-corrected chi connectivity index (χ2v) is 31.8. The molecule has 0 aromatic heterocycles. The molecule has 3 N–H and O–H groups in total. The summed E-state index contributed by atoms with van der Waals surface area (Å²) in [5.41, 5.74) is -1.64. The smallest absolute Gasteiger partial charge is 0.377 e. The third kappa shape index (κ3) is 20.0. The topological polar surface area (TPSA) is 279 Å². The van der Waals surface area contributed by atoms with Crippen LogP contribution in [-0.4, -0.2) is 283 Å². The zero-order valence-corrected chi connectivity index (χ0v) is 63.6. The Morgan fingerprint density at radius 2 is 1.24 bits per heavy atom. The summed E-state index contributed by atoms with van der Waals surface area (Å²) in [6.07, 6.45) is 0.526. The fourth-order valence-corrected chi connectivity index (χ4v) is 17.3. The lowest BCUT2D eigenvalue weighted by Gasteiger charge is -2.46. The second-order valence-electron chi connectivity index (χ2n) is 31.8. The van der Waals surface area contributed by atoms with Crippen LogP contribution in [0.3, 0.4) is 0 Å². The summed E-state index contributed by atoms with van der Waals surface area (Å²) in [5.74, 6) is -13.2. The highest BCUT2D eigenvalue weighted by Gasteiger charge is 2.56. The third-order valence-electron chi connectivity index (χ3n) is 24.4. The molecule has 7 fully saturated rings. The Bertz CT molecular complexity index is 3130. The first-order valence-corrected chi connectivity index (χ1v) is 38.5. The molecular weight excluding hydrogens is 1370 g/mol. The summed E-state index contributed by atoms with van der Waals surface area (Å²) in [6, 6.07) is -10.5. The molecule has 1 spiro atoms. The van der Waals surface area contributed by atoms with Crippen LogP contribution in [0.2, 0.25) is 0 Å². The lowest BCUT2D eigenvalue weighted by atomic mass is 9.74. The highest BCUT2D eigenvalue weighted by atomic mass is 19.4. The van der Waals surface area contributed by atoms with E-state index < -0.39 is 205 Å². The standard InChI is InChI=1S/C75H117F5N12O13/c1-12-45(3)63-71(102)86(7)44-61(95)87(8)54-30-18-15-21-35-91(70(54)101)58(39-46-24-16-14-17-25-46)69(100)85(6)43-59(93)81-53(32-31-48-36-51(76)62(52(77)37-48)75(78,79)80)67(98)92-42-50(105-13-2)40-56(92)66(97)83-74(33-23-34-74)73(104)90(11)64(49-28-19-20-29-49)72(103)89(10)57(68(99)84(4)5)41-60(94)88(9)55(65(96)82-63)38-47-26-22-27-47/h15,18,45-58,62-64H,12-14,16-17,19-44H2,1-11H3,(H,81,93)(H,82,96)(H,83,97)/b18-15-/t45-,48?,50+,51?,52?,53-,54-,55-,56-,57-,58-,62?,63-,64-/m0/s1. The predicted octanol–water partition coefficient (Wildman–Crippen LogP) is 5.71. The molecule has 12 amide bonds. The summed E-state index contributed by atoms with van der Waals surface area (Å²) in [6.45, 7) is 3.98. The molecule has 30 heteroatoms. The SMILES string of the molecule is CCO[C@@H]1C[C@H]2C(=O)NC3(CCC3)C(=O)N(C)[C@@H](C3CCCC3)C(=O)N(C)[C@H](C(=O)N(C)C)CC(=O)N(C)[C@@H](CC3CCC3)C(=O)N[C@@H]([C@@H](C)CC)C(=O)N(C)CC(=O)N(C)[C@H]3C/C=C\CCN(C3=O)[C@@H](CC3CCCCC3)C(=O)N(C)CC(=O)N[C@@H](CCC3CC(F)C(C(F)(F)F)C(F)C3)C(=O)N2C1. The molecule has 590 valence electrons. The molecule has 5 saturated carbocycles. The minimum atomic E-state index is -5.17. The van der Waals surface area contributed by atoms with Crippen LogP contribution in [0.5, 0.6) is 0 Å². The van der Waals surface area contributed by atoms with Gasteiger partial charge in [0.25, 0.3) is 0 Å². The third-order valence-corrected chi connectivity index (χ3v) is 24.4. The van der Waals surface area contributed by atoms with Crippen LogP contribution in [0.25, 0.3) is 0 Å². The maximum Gasteiger partial charge on any atom is 0.397 e. The minimum Gasteiger partial charge on any atom is -0.377 e. The molecule has 0 aromatic rings. The van der Waals surface area contributed by atoms with E-state index >= 15 is 47.1 Å². The molecule has 3 heterocycles. The molecule has 2 saturated heterocycles. The summed E-state index contributed by atoms with van der Waals surface area (Å²) >= 11 is 0. The van der Waals surface area contributed by atoms with E-state index in [4.69, 9.17) is 4.74 Å². The molecule has 8 aliphatic rings. The predicted molar refractivity (Wildman–Crippen MR) is 379 cm³/mol. The molecule has 5 aliphatic carbocycles. The van der Waals surface area contributed by atoms with Crippen LogP contribution in [0.1, 0.15) is 188 Å². The number of carbonyl (C=O) groups excluding carboxylic acids is 12. The van der Waals surface area contributed by atoms with Crippen molar-refractivity contribution >= 4 is 70.9 Å². The Hall–Kier alpha value is -7.01. The maximum atomic E-state index is 15.5. The quantitative estimate of drug-likeness (QED) is 0.147.